The molecule has 3 aromatic carbocycles. The molecule has 3 aromatic rings. The highest BCUT2D eigenvalue weighted by molar-refractivity contribution is 7.90. The minimum Gasteiger partial charge on any atom is -0.437 e. The van der Waals surface area contributed by atoms with Crippen molar-refractivity contribution in [2.75, 3.05) is 0 Å². The van der Waals surface area contributed by atoms with Crippen LogP contribution in [0.25, 0.3) is 0 Å². The van der Waals surface area contributed by atoms with Crippen LogP contribution in [0.2, 0.25) is 0 Å². The predicted octanol–water partition coefficient (Wildman–Crippen LogP) is 4.52. The first kappa shape index (κ1) is 17.9. The molecule has 26 heavy (non-hydrogen) atoms. The van der Waals surface area contributed by atoms with Crippen LogP contribution in [-0.4, -0.2) is 14.3 Å². The molecule has 4 nitrogen and oxygen atoms in total. The second kappa shape index (κ2) is 7.54. The Kier molecular flexibility index (Phi) is 5.19. The highest BCUT2D eigenvalue weighted by Crippen LogP contribution is 2.20. The van der Waals surface area contributed by atoms with E-state index >= 15 is 0 Å². The summed E-state index contributed by atoms with van der Waals surface area (Å²) in [5.74, 6) is 0.606. The first-order valence-electron chi connectivity index (χ1n) is 8.16. The summed E-state index contributed by atoms with van der Waals surface area (Å²) in [6.07, 6.45) is 0. The van der Waals surface area contributed by atoms with E-state index in [0.717, 1.165) is 11.1 Å². The zero-order chi connectivity index (χ0) is 18.6. The highest BCUT2D eigenvalue weighted by atomic mass is 32.2. The van der Waals surface area contributed by atoms with Crippen molar-refractivity contribution in [2.45, 2.75) is 18.7 Å². The zero-order valence-corrected chi connectivity index (χ0v) is 15.4. The summed E-state index contributed by atoms with van der Waals surface area (Å²) in [5.41, 5.74) is 2.46. The summed E-state index contributed by atoms with van der Waals surface area (Å²) >= 11 is 0. The second-order valence-corrected chi connectivity index (χ2v) is 7.52. The summed E-state index contributed by atoms with van der Waals surface area (Å²) in [5, 5.41) is 0. The van der Waals surface area contributed by atoms with Gasteiger partial charge in [-0.2, -0.15) is 8.42 Å². The molecule has 0 spiro atoms. The lowest BCUT2D eigenvalue weighted by Crippen LogP contribution is -2.14. The lowest BCUT2D eigenvalue weighted by molar-refractivity contribution is 0.546. The van der Waals surface area contributed by atoms with E-state index < -0.39 is 10.0 Å². The number of ether oxygens (including phenoxy) is 1. The van der Waals surface area contributed by atoms with Crippen molar-refractivity contribution in [1.29, 1.82) is 0 Å². The monoisotopic (exact) mass is 365 g/mol. The molecule has 0 saturated heterocycles. The van der Waals surface area contributed by atoms with Gasteiger partial charge in [-0.05, 0) is 49.7 Å². The third-order valence-electron chi connectivity index (χ3n) is 3.84. The molecule has 0 aromatic heterocycles. The van der Waals surface area contributed by atoms with Crippen molar-refractivity contribution in [2.24, 2.45) is 4.40 Å². The molecule has 0 N–H and O–H groups in total. The van der Waals surface area contributed by atoms with Crippen LogP contribution in [0.1, 0.15) is 16.7 Å². The average Bonchev–Trinajstić information content (AvgIpc) is 2.64. The Labute approximate surface area is 153 Å². The Hall–Kier alpha value is -2.92. The van der Waals surface area contributed by atoms with Gasteiger partial charge in [0.25, 0.3) is 10.0 Å². The minimum absolute atomic E-state index is 0.0421. The molecule has 3 rings (SSSR count). The maximum atomic E-state index is 12.7. The summed E-state index contributed by atoms with van der Waals surface area (Å²) in [6.45, 7) is 3.79. The van der Waals surface area contributed by atoms with Gasteiger partial charge in [-0.3, -0.25) is 0 Å². The Morgan fingerprint density at radius 3 is 2.08 bits per heavy atom. The number of rotatable bonds is 4. The van der Waals surface area contributed by atoms with Gasteiger partial charge in [-0.1, -0.05) is 54.1 Å². The third kappa shape index (κ3) is 4.18. The van der Waals surface area contributed by atoms with Crippen molar-refractivity contribution in [3.05, 3.63) is 95.6 Å². The molecule has 0 atom stereocenters. The largest absolute Gasteiger partial charge is 0.437 e. The van der Waals surface area contributed by atoms with E-state index in [2.05, 4.69) is 4.40 Å². The molecule has 0 aliphatic rings. The maximum absolute atomic E-state index is 12.7. The summed E-state index contributed by atoms with van der Waals surface area (Å²) < 4.78 is 35.3. The first-order valence-corrected chi connectivity index (χ1v) is 9.60. The van der Waals surface area contributed by atoms with Gasteiger partial charge >= 0.3 is 0 Å². The Bertz CT molecular complexity index is 1020. The van der Waals surface area contributed by atoms with Crippen molar-refractivity contribution in [3.8, 4) is 5.75 Å². The number of benzene rings is 3. The van der Waals surface area contributed by atoms with Gasteiger partial charge in [0.2, 0.25) is 5.90 Å². The van der Waals surface area contributed by atoms with E-state index in [1.807, 2.05) is 50.2 Å². The Morgan fingerprint density at radius 2 is 1.42 bits per heavy atom. The van der Waals surface area contributed by atoms with Crippen LogP contribution < -0.4 is 4.74 Å². The van der Waals surface area contributed by atoms with E-state index in [4.69, 9.17) is 4.74 Å². The molecular weight excluding hydrogens is 346 g/mol. The molecule has 0 amide bonds. The molecule has 0 saturated carbocycles. The molecule has 0 aliphatic carbocycles. The number of nitrogens with zero attached hydrogens (tertiary/aromatic N) is 1. The van der Waals surface area contributed by atoms with Crippen LogP contribution >= 0.6 is 0 Å². The number of aryl methyl sites for hydroxylation is 2. The van der Waals surface area contributed by atoms with Gasteiger partial charge in [0, 0.05) is 5.56 Å². The lowest BCUT2D eigenvalue weighted by Gasteiger charge is -2.11. The van der Waals surface area contributed by atoms with Gasteiger partial charge in [0.15, 0.2) is 0 Å². The van der Waals surface area contributed by atoms with E-state index in [9.17, 15) is 8.42 Å². The minimum atomic E-state index is -3.89. The van der Waals surface area contributed by atoms with Crippen LogP contribution in [0.5, 0.6) is 5.75 Å². The topological polar surface area (TPSA) is 55.7 Å². The molecule has 5 heteroatoms. The van der Waals surface area contributed by atoms with E-state index in [1.54, 1.807) is 42.5 Å². The Morgan fingerprint density at radius 1 is 0.808 bits per heavy atom. The smallest absolute Gasteiger partial charge is 0.285 e. The Balaban J connectivity index is 2.07. The average molecular weight is 365 g/mol. The van der Waals surface area contributed by atoms with E-state index in [0.29, 0.717) is 11.3 Å². The molecule has 0 unspecified atom stereocenters. The highest BCUT2D eigenvalue weighted by Gasteiger charge is 2.17. The summed E-state index contributed by atoms with van der Waals surface area (Å²) in [6, 6.07) is 23.0. The van der Waals surface area contributed by atoms with Gasteiger partial charge in [-0.25, -0.2) is 0 Å². The SMILES string of the molecule is Cc1ccc(S(=O)(=O)/N=C(/Oc2ccccc2C)c2ccccc2)cc1. The quantitative estimate of drug-likeness (QED) is 0.505. The number of hydrogen-bond acceptors (Lipinski definition) is 3. The molecule has 0 bridgehead atoms. The van der Waals surface area contributed by atoms with E-state index in [-0.39, 0.29) is 10.8 Å². The van der Waals surface area contributed by atoms with Gasteiger partial charge in [0.05, 0.1) is 4.90 Å². The molecule has 132 valence electrons. The van der Waals surface area contributed by atoms with Crippen LogP contribution in [-0.2, 0) is 10.0 Å². The van der Waals surface area contributed by atoms with Crippen molar-refractivity contribution >= 4 is 15.9 Å². The normalized spacial score (nSPS) is 12.0. The number of hydrogen-bond donors (Lipinski definition) is 0. The van der Waals surface area contributed by atoms with Crippen LogP contribution in [0.3, 0.4) is 0 Å². The van der Waals surface area contributed by atoms with Crippen molar-refractivity contribution in [1.82, 2.24) is 0 Å². The number of para-hydroxylation sites is 1. The zero-order valence-electron chi connectivity index (χ0n) is 14.6. The van der Waals surface area contributed by atoms with Gasteiger partial charge in [-0.15, -0.1) is 4.40 Å². The van der Waals surface area contributed by atoms with Crippen LogP contribution in [0.4, 0.5) is 0 Å². The fourth-order valence-corrected chi connectivity index (χ4v) is 3.30. The van der Waals surface area contributed by atoms with Gasteiger partial charge < -0.3 is 4.74 Å². The molecule has 0 radical (unpaired) electrons. The standard InChI is InChI=1S/C21H19NO3S/c1-16-12-14-19(15-13-16)26(23,24)22-21(18-9-4-3-5-10-18)25-20-11-7-6-8-17(20)2/h3-15H,1-2H3/b22-21+. The van der Waals surface area contributed by atoms with Gasteiger partial charge in [0.1, 0.15) is 5.75 Å². The third-order valence-corrected chi connectivity index (χ3v) is 5.12. The number of sulfonamides is 1. The second-order valence-electron chi connectivity index (χ2n) is 5.92. The lowest BCUT2D eigenvalue weighted by atomic mass is 10.2. The van der Waals surface area contributed by atoms with E-state index in [1.165, 1.54) is 0 Å². The molecule has 0 heterocycles. The summed E-state index contributed by atoms with van der Waals surface area (Å²) in [4.78, 5) is 0.130. The maximum Gasteiger partial charge on any atom is 0.285 e. The first-order chi connectivity index (χ1) is 12.5. The fourth-order valence-electron chi connectivity index (χ4n) is 2.36. The van der Waals surface area contributed by atoms with Crippen LogP contribution in [0.15, 0.2) is 88.2 Å². The predicted molar refractivity (Wildman–Crippen MR) is 103 cm³/mol. The van der Waals surface area contributed by atoms with Crippen molar-refractivity contribution in [3.63, 3.8) is 0 Å². The van der Waals surface area contributed by atoms with Crippen molar-refractivity contribution < 1.29 is 13.2 Å². The molecule has 0 aliphatic heterocycles. The fraction of sp³-hybridized carbons (Fsp3) is 0.0952. The molecular formula is C21H19NO3S. The summed E-state index contributed by atoms with van der Waals surface area (Å²) in [7, 11) is -3.89. The van der Waals surface area contributed by atoms with Crippen LogP contribution in [0, 0.1) is 13.8 Å². The molecule has 0 fully saturated rings.